The highest BCUT2D eigenvalue weighted by molar-refractivity contribution is 7.99. The van der Waals surface area contributed by atoms with Crippen molar-refractivity contribution in [2.75, 3.05) is 12.4 Å². The molecule has 0 heterocycles. The quantitative estimate of drug-likeness (QED) is 0.170. The SMILES string of the molecule is C=C(CCSc1ccccc1)[C@]1(O)C[C@H](O)[C@@H](C)C[C@H]1CO[Si](c1ccccc1)(c1ccccc1)C(C)(C)C. The van der Waals surface area contributed by atoms with Crippen molar-refractivity contribution in [1.82, 2.24) is 0 Å². The Morgan fingerprint density at radius 1 is 0.949 bits per heavy atom. The van der Waals surface area contributed by atoms with E-state index in [0.29, 0.717) is 25.9 Å². The van der Waals surface area contributed by atoms with Crippen molar-refractivity contribution >= 4 is 30.5 Å². The first kappa shape index (κ1) is 29.8. The Morgan fingerprint density at radius 2 is 1.46 bits per heavy atom. The van der Waals surface area contributed by atoms with Crippen LogP contribution < -0.4 is 10.4 Å². The van der Waals surface area contributed by atoms with E-state index in [0.717, 1.165) is 11.3 Å². The van der Waals surface area contributed by atoms with Crippen LogP contribution in [0.2, 0.25) is 5.04 Å². The molecule has 1 fully saturated rings. The van der Waals surface area contributed by atoms with Gasteiger partial charge in [0.2, 0.25) is 0 Å². The van der Waals surface area contributed by atoms with Crippen molar-refractivity contribution in [3.8, 4) is 0 Å². The van der Waals surface area contributed by atoms with Crippen molar-refractivity contribution < 1.29 is 14.6 Å². The second-order valence-electron chi connectivity index (χ2n) is 12.1. The van der Waals surface area contributed by atoms with Crippen molar-refractivity contribution in [3.63, 3.8) is 0 Å². The van der Waals surface area contributed by atoms with Gasteiger partial charge in [-0.2, -0.15) is 0 Å². The van der Waals surface area contributed by atoms with Crippen molar-refractivity contribution in [1.29, 1.82) is 0 Å². The average molecular weight is 561 g/mol. The van der Waals surface area contributed by atoms with Gasteiger partial charge in [-0.25, -0.2) is 0 Å². The highest BCUT2D eigenvalue weighted by Gasteiger charge is 2.53. The lowest BCUT2D eigenvalue weighted by Gasteiger charge is -2.49. The summed E-state index contributed by atoms with van der Waals surface area (Å²) in [5.74, 6) is 0.773. The largest absolute Gasteiger partial charge is 0.407 e. The molecule has 1 aliphatic rings. The van der Waals surface area contributed by atoms with Gasteiger partial charge < -0.3 is 14.6 Å². The molecule has 0 saturated heterocycles. The van der Waals surface area contributed by atoms with Crippen molar-refractivity contribution in [3.05, 3.63) is 103 Å². The fraction of sp³-hybridized carbons (Fsp3) is 0.412. The average Bonchev–Trinajstić information content (AvgIpc) is 2.92. The van der Waals surface area contributed by atoms with E-state index in [1.807, 2.05) is 18.2 Å². The maximum Gasteiger partial charge on any atom is 0.261 e. The summed E-state index contributed by atoms with van der Waals surface area (Å²) in [6.07, 6.45) is 1.13. The summed E-state index contributed by atoms with van der Waals surface area (Å²) in [5.41, 5.74) is -0.373. The molecule has 39 heavy (non-hydrogen) atoms. The number of rotatable bonds is 10. The van der Waals surface area contributed by atoms with E-state index in [-0.39, 0.29) is 16.9 Å². The van der Waals surface area contributed by atoms with E-state index in [1.165, 1.54) is 15.3 Å². The van der Waals surface area contributed by atoms with Crippen LogP contribution in [0.1, 0.15) is 47.0 Å². The molecule has 1 saturated carbocycles. The molecule has 3 nitrogen and oxygen atoms in total. The first-order valence-corrected chi connectivity index (χ1v) is 17.0. The number of hydrogen-bond acceptors (Lipinski definition) is 4. The molecule has 2 N–H and O–H groups in total. The van der Waals surface area contributed by atoms with Crippen LogP contribution in [0.4, 0.5) is 0 Å². The summed E-state index contributed by atoms with van der Waals surface area (Å²) in [7, 11) is -2.75. The van der Waals surface area contributed by atoms with E-state index in [9.17, 15) is 10.2 Å². The van der Waals surface area contributed by atoms with Crippen LogP contribution in [-0.2, 0) is 4.43 Å². The Bertz CT molecular complexity index is 1160. The number of aliphatic hydroxyl groups excluding tert-OH is 1. The first-order valence-electron chi connectivity index (χ1n) is 14.1. The summed E-state index contributed by atoms with van der Waals surface area (Å²) in [6, 6.07) is 31.6. The van der Waals surface area contributed by atoms with E-state index in [2.05, 4.69) is 107 Å². The van der Waals surface area contributed by atoms with Crippen molar-refractivity contribution in [2.45, 2.75) is 68.6 Å². The highest BCUT2D eigenvalue weighted by atomic mass is 32.2. The minimum absolute atomic E-state index is 0.0875. The minimum Gasteiger partial charge on any atom is -0.407 e. The van der Waals surface area contributed by atoms with Gasteiger partial charge in [0, 0.05) is 29.6 Å². The van der Waals surface area contributed by atoms with Crippen LogP contribution in [0.15, 0.2) is 108 Å². The van der Waals surface area contributed by atoms with E-state index >= 15 is 0 Å². The zero-order chi connectivity index (χ0) is 28.1. The van der Waals surface area contributed by atoms with Gasteiger partial charge in [-0.1, -0.05) is 113 Å². The molecule has 0 radical (unpaired) electrons. The van der Waals surface area contributed by atoms with E-state index in [4.69, 9.17) is 4.43 Å². The molecule has 208 valence electrons. The Hall–Kier alpha value is -2.15. The van der Waals surface area contributed by atoms with Gasteiger partial charge in [0.25, 0.3) is 8.32 Å². The van der Waals surface area contributed by atoms with Gasteiger partial charge >= 0.3 is 0 Å². The zero-order valence-electron chi connectivity index (χ0n) is 23.8. The summed E-state index contributed by atoms with van der Waals surface area (Å²) in [4.78, 5) is 1.21. The molecule has 4 rings (SSSR count). The fourth-order valence-electron chi connectivity index (χ4n) is 6.14. The maximum atomic E-state index is 12.2. The fourth-order valence-corrected chi connectivity index (χ4v) is 11.7. The summed E-state index contributed by atoms with van der Waals surface area (Å²) in [6.45, 7) is 13.7. The Balaban J connectivity index is 1.62. The normalized spacial score (nSPS) is 23.9. The number of thioether (sulfide) groups is 1. The molecule has 0 aromatic heterocycles. The molecule has 0 spiro atoms. The first-order chi connectivity index (χ1) is 18.6. The Morgan fingerprint density at radius 3 is 1.97 bits per heavy atom. The highest BCUT2D eigenvalue weighted by Crippen LogP contribution is 2.44. The molecule has 5 heteroatoms. The smallest absolute Gasteiger partial charge is 0.261 e. The monoisotopic (exact) mass is 560 g/mol. The topological polar surface area (TPSA) is 49.7 Å². The third-order valence-electron chi connectivity index (χ3n) is 8.45. The standard InChI is InChI=1S/C34H44O3SSi/c1-26-23-28(34(36,24-32(26)35)27(2)21-22-38-29-15-9-6-10-16-29)25-37-39(33(3,4)5,30-17-11-7-12-18-30)31-19-13-8-14-20-31/h6-20,26,28,32,35-36H,2,21-25H2,1,3-5H3/t26-,28-,32-,34+/m0/s1. The lowest BCUT2D eigenvalue weighted by Crippen LogP contribution is -2.67. The third-order valence-corrected chi connectivity index (χ3v) is 14.5. The Labute approximate surface area is 240 Å². The van der Waals surface area contributed by atoms with Gasteiger partial charge in [0.05, 0.1) is 11.7 Å². The molecule has 0 amide bonds. The summed E-state index contributed by atoms with van der Waals surface area (Å²) >= 11 is 1.77. The molecule has 3 aromatic carbocycles. The second-order valence-corrected chi connectivity index (χ2v) is 17.6. The van der Waals surface area contributed by atoms with Crippen LogP contribution in [0.3, 0.4) is 0 Å². The van der Waals surface area contributed by atoms with E-state index in [1.54, 1.807) is 11.8 Å². The van der Waals surface area contributed by atoms with Gasteiger partial charge in [-0.3, -0.25) is 0 Å². The molecule has 0 unspecified atom stereocenters. The molecule has 4 atom stereocenters. The van der Waals surface area contributed by atoms with Crippen LogP contribution >= 0.6 is 11.8 Å². The predicted octanol–water partition coefficient (Wildman–Crippen LogP) is 6.44. The third kappa shape index (κ3) is 6.44. The van der Waals surface area contributed by atoms with Crippen LogP contribution in [0.5, 0.6) is 0 Å². The lowest BCUT2D eigenvalue weighted by molar-refractivity contribution is -0.0963. The second kappa shape index (κ2) is 12.6. The minimum atomic E-state index is -2.75. The summed E-state index contributed by atoms with van der Waals surface area (Å²) < 4.78 is 7.26. The number of hydrogen-bond donors (Lipinski definition) is 2. The van der Waals surface area contributed by atoms with Gasteiger partial charge in [-0.05, 0) is 51.9 Å². The number of aliphatic hydroxyl groups is 2. The molecule has 3 aromatic rings. The molecular weight excluding hydrogens is 517 g/mol. The number of benzene rings is 3. The molecule has 1 aliphatic carbocycles. The van der Waals surface area contributed by atoms with Crippen LogP contribution in [-0.4, -0.2) is 42.6 Å². The van der Waals surface area contributed by atoms with Gasteiger partial charge in [0.1, 0.15) is 0 Å². The van der Waals surface area contributed by atoms with Gasteiger partial charge in [-0.15, -0.1) is 11.8 Å². The van der Waals surface area contributed by atoms with Crippen LogP contribution in [0.25, 0.3) is 0 Å². The lowest BCUT2D eigenvalue weighted by atomic mass is 9.67. The zero-order valence-corrected chi connectivity index (χ0v) is 25.7. The predicted molar refractivity (Wildman–Crippen MR) is 167 cm³/mol. The maximum absolute atomic E-state index is 12.2. The Kier molecular flexibility index (Phi) is 9.61. The molecule has 0 bridgehead atoms. The van der Waals surface area contributed by atoms with Crippen molar-refractivity contribution in [2.24, 2.45) is 11.8 Å². The van der Waals surface area contributed by atoms with E-state index < -0.39 is 20.0 Å². The van der Waals surface area contributed by atoms with Crippen LogP contribution in [0, 0.1) is 11.8 Å². The molecular formula is C34H44O3SSi. The molecule has 0 aliphatic heterocycles. The van der Waals surface area contributed by atoms with Gasteiger partial charge in [0.15, 0.2) is 0 Å². The summed E-state index contributed by atoms with van der Waals surface area (Å²) in [5, 5.41) is 25.4.